The van der Waals surface area contributed by atoms with Crippen LogP contribution in [0.2, 0.25) is 0 Å². The normalized spacial score (nSPS) is 15.6. The van der Waals surface area contributed by atoms with Gasteiger partial charge in [0.1, 0.15) is 0 Å². The van der Waals surface area contributed by atoms with Gasteiger partial charge in [0.2, 0.25) is 5.91 Å². The fraction of sp³-hybridized carbons (Fsp3) is 0.500. The van der Waals surface area contributed by atoms with E-state index in [1.165, 1.54) is 11.1 Å². The first-order valence-electron chi connectivity index (χ1n) is 6.40. The summed E-state index contributed by atoms with van der Waals surface area (Å²) in [6.07, 6.45) is 0.212. The van der Waals surface area contributed by atoms with Gasteiger partial charge in [-0.25, -0.2) is 0 Å². The largest absolute Gasteiger partial charge is 0.377 e. The van der Waals surface area contributed by atoms with Crippen LogP contribution in [0.4, 0.5) is 0 Å². The second kappa shape index (κ2) is 5.98. The number of benzene rings is 1. The van der Waals surface area contributed by atoms with E-state index in [9.17, 15) is 4.79 Å². The number of amides is 1. The Morgan fingerprint density at radius 3 is 2.50 bits per heavy atom. The molecule has 1 aromatic carbocycles. The van der Waals surface area contributed by atoms with E-state index in [0.29, 0.717) is 32.7 Å². The highest BCUT2D eigenvalue weighted by atomic mass is 16.5. The molecule has 1 heterocycles. The van der Waals surface area contributed by atoms with Gasteiger partial charge in [-0.2, -0.15) is 0 Å². The molecule has 4 nitrogen and oxygen atoms in total. The molecule has 0 spiro atoms. The number of ether oxygens (including phenoxy) is 1. The third kappa shape index (κ3) is 2.89. The van der Waals surface area contributed by atoms with Crippen molar-refractivity contribution < 1.29 is 9.53 Å². The van der Waals surface area contributed by atoms with Crippen LogP contribution in [0, 0.1) is 0 Å². The van der Waals surface area contributed by atoms with Crippen molar-refractivity contribution in [2.45, 2.75) is 32.5 Å². The minimum absolute atomic E-state index is 0.120. The van der Waals surface area contributed by atoms with Gasteiger partial charge < -0.3 is 15.4 Å². The lowest BCUT2D eigenvalue weighted by atomic mass is 10.1. The van der Waals surface area contributed by atoms with Crippen LogP contribution in [-0.4, -0.2) is 30.1 Å². The van der Waals surface area contributed by atoms with Crippen LogP contribution in [0.25, 0.3) is 0 Å². The van der Waals surface area contributed by atoms with E-state index < -0.39 is 0 Å². The number of hydrogen-bond acceptors (Lipinski definition) is 3. The molecule has 1 aliphatic rings. The van der Waals surface area contributed by atoms with Gasteiger partial charge in [-0.1, -0.05) is 24.3 Å². The topological polar surface area (TPSA) is 55.6 Å². The zero-order valence-corrected chi connectivity index (χ0v) is 10.8. The SMILES string of the molecule is CCOC(CN)CC(=O)N1Cc2ccccc2C1. The summed E-state index contributed by atoms with van der Waals surface area (Å²) in [4.78, 5) is 14.0. The molecule has 1 amide bonds. The van der Waals surface area contributed by atoms with Crippen molar-refractivity contribution in [2.75, 3.05) is 13.2 Å². The average Bonchev–Trinajstić information content (AvgIpc) is 2.82. The lowest BCUT2D eigenvalue weighted by Gasteiger charge is -2.19. The molecule has 1 unspecified atom stereocenters. The second-order valence-corrected chi connectivity index (χ2v) is 4.54. The van der Waals surface area contributed by atoms with Gasteiger partial charge >= 0.3 is 0 Å². The van der Waals surface area contributed by atoms with E-state index in [4.69, 9.17) is 10.5 Å². The van der Waals surface area contributed by atoms with Gasteiger partial charge in [-0.15, -0.1) is 0 Å². The Morgan fingerprint density at radius 1 is 1.39 bits per heavy atom. The Morgan fingerprint density at radius 2 is 2.00 bits per heavy atom. The fourth-order valence-electron chi connectivity index (χ4n) is 2.28. The summed E-state index contributed by atoms with van der Waals surface area (Å²) in [5.74, 6) is 0.120. The van der Waals surface area contributed by atoms with Crippen molar-refractivity contribution in [1.29, 1.82) is 0 Å². The smallest absolute Gasteiger partial charge is 0.225 e. The van der Waals surface area contributed by atoms with Gasteiger partial charge in [0, 0.05) is 26.2 Å². The van der Waals surface area contributed by atoms with E-state index in [1.807, 2.05) is 24.0 Å². The highest BCUT2D eigenvalue weighted by molar-refractivity contribution is 5.77. The molecule has 0 aromatic heterocycles. The maximum absolute atomic E-state index is 12.1. The minimum Gasteiger partial charge on any atom is -0.377 e. The molecule has 0 bridgehead atoms. The lowest BCUT2D eigenvalue weighted by molar-refractivity contribution is -0.134. The van der Waals surface area contributed by atoms with Crippen LogP contribution >= 0.6 is 0 Å². The van der Waals surface area contributed by atoms with Gasteiger partial charge in [-0.05, 0) is 18.1 Å². The summed E-state index contributed by atoms with van der Waals surface area (Å²) in [5, 5.41) is 0. The molecular formula is C14H20N2O2. The van der Waals surface area contributed by atoms with Gasteiger partial charge in [0.25, 0.3) is 0 Å². The summed E-state index contributed by atoms with van der Waals surface area (Å²) >= 11 is 0. The van der Waals surface area contributed by atoms with E-state index in [2.05, 4.69) is 12.1 Å². The van der Waals surface area contributed by atoms with E-state index in [-0.39, 0.29) is 12.0 Å². The van der Waals surface area contributed by atoms with Crippen molar-refractivity contribution in [3.63, 3.8) is 0 Å². The van der Waals surface area contributed by atoms with E-state index >= 15 is 0 Å². The molecule has 18 heavy (non-hydrogen) atoms. The lowest BCUT2D eigenvalue weighted by Crippen LogP contribution is -2.33. The van der Waals surface area contributed by atoms with Gasteiger partial charge in [0.15, 0.2) is 0 Å². The summed E-state index contributed by atoms with van der Waals surface area (Å²) in [6, 6.07) is 8.17. The molecule has 4 heteroatoms. The summed E-state index contributed by atoms with van der Waals surface area (Å²) in [5.41, 5.74) is 8.08. The van der Waals surface area contributed by atoms with Crippen molar-refractivity contribution in [1.82, 2.24) is 4.90 Å². The van der Waals surface area contributed by atoms with Crippen molar-refractivity contribution in [3.8, 4) is 0 Å². The molecule has 1 atom stereocenters. The number of carbonyl (C=O) groups excluding carboxylic acids is 1. The molecule has 98 valence electrons. The molecule has 0 saturated carbocycles. The Bertz CT molecular complexity index is 395. The zero-order chi connectivity index (χ0) is 13.0. The first-order valence-corrected chi connectivity index (χ1v) is 6.40. The predicted molar refractivity (Wildman–Crippen MR) is 69.8 cm³/mol. The highest BCUT2D eigenvalue weighted by Crippen LogP contribution is 2.23. The standard InChI is InChI=1S/C14H20N2O2/c1-2-18-13(8-15)7-14(17)16-9-11-5-3-4-6-12(11)10-16/h3-6,13H,2,7-10,15H2,1H3. The Hall–Kier alpha value is -1.39. The monoisotopic (exact) mass is 248 g/mol. The Kier molecular flexibility index (Phi) is 4.33. The van der Waals surface area contributed by atoms with Crippen LogP contribution in [0.1, 0.15) is 24.5 Å². The summed E-state index contributed by atoms with van der Waals surface area (Å²) < 4.78 is 5.43. The first-order chi connectivity index (χ1) is 8.74. The van der Waals surface area contributed by atoms with E-state index in [1.54, 1.807) is 0 Å². The van der Waals surface area contributed by atoms with Crippen molar-refractivity contribution in [3.05, 3.63) is 35.4 Å². The molecule has 0 radical (unpaired) electrons. The minimum atomic E-state index is -0.161. The molecule has 1 aliphatic heterocycles. The molecular weight excluding hydrogens is 228 g/mol. The number of nitrogens with zero attached hydrogens (tertiary/aromatic N) is 1. The Labute approximate surface area is 108 Å². The maximum Gasteiger partial charge on any atom is 0.225 e. The second-order valence-electron chi connectivity index (χ2n) is 4.54. The van der Waals surface area contributed by atoms with Crippen molar-refractivity contribution >= 4 is 5.91 Å². The number of hydrogen-bond donors (Lipinski definition) is 1. The van der Waals surface area contributed by atoms with Gasteiger partial charge in [0.05, 0.1) is 12.5 Å². The maximum atomic E-state index is 12.1. The van der Waals surface area contributed by atoms with Crippen LogP contribution in [0.5, 0.6) is 0 Å². The highest BCUT2D eigenvalue weighted by Gasteiger charge is 2.24. The van der Waals surface area contributed by atoms with Crippen LogP contribution in [-0.2, 0) is 22.6 Å². The molecule has 2 rings (SSSR count). The van der Waals surface area contributed by atoms with Crippen LogP contribution in [0.3, 0.4) is 0 Å². The number of rotatable bonds is 5. The first kappa shape index (κ1) is 13.1. The molecule has 1 aromatic rings. The quantitative estimate of drug-likeness (QED) is 0.854. The third-order valence-corrected chi connectivity index (χ3v) is 3.26. The third-order valence-electron chi connectivity index (χ3n) is 3.26. The van der Waals surface area contributed by atoms with Gasteiger partial charge in [-0.3, -0.25) is 4.79 Å². The molecule has 0 fully saturated rings. The van der Waals surface area contributed by atoms with E-state index in [0.717, 1.165) is 0 Å². The fourth-order valence-corrected chi connectivity index (χ4v) is 2.28. The molecule has 0 aliphatic carbocycles. The average molecular weight is 248 g/mol. The summed E-state index contributed by atoms with van der Waals surface area (Å²) in [6.45, 7) is 4.31. The van der Waals surface area contributed by atoms with Crippen LogP contribution < -0.4 is 5.73 Å². The van der Waals surface area contributed by atoms with Crippen LogP contribution in [0.15, 0.2) is 24.3 Å². The van der Waals surface area contributed by atoms with Crippen molar-refractivity contribution in [2.24, 2.45) is 5.73 Å². The summed E-state index contributed by atoms with van der Waals surface area (Å²) in [7, 11) is 0. The molecule has 0 saturated heterocycles. The number of fused-ring (bicyclic) bond motifs is 1. The molecule has 2 N–H and O–H groups in total. The zero-order valence-electron chi connectivity index (χ0n) is 10.8. The Balaban J connectivity index is 1.92. The number of carbonyl (C=O) groups is 1. The predicted octanol–water partition coefficient (Wildman–Crippen LogP) is 1.28. The number of nitrogens with two attached hydrogens (primary N) is 1.